The summed E-state index contributed by atoms with van der Waals surface area (Å²) in [5.41, 5.74) is 1.58. The first-order chi connectivity index (χ1) is 8.02. The number of aliphatic hydroxyl groups is 1. The number of pyridine rings is 1. The molecule has 2 unspecified atom stereocenters. The lowest BCUT2D eigenvalue weighted by atomic mass is 10.1. The summed E-state index contributed by atoms with van der Waals surface area (Å²) in [4.78, 5) is 6.64. The fourth-order valence-corrected chi connectivity index (χ4v) is 2.15. The second-order valence-electron chi connectivity index (χ2n) is 5.12. The number of hydrogen-bond donors (Lipinski definition) is 2. The average molecular weight is 235 g/mol. The first-order valence-corrected chi connectivity index (χ1v) is 6.12. The summed E-state index contributed by atoms with van der Waals surface area (Å²) in [6.45, 7) is 5.56. The van der Waals surface area contributed by atoms with Gasteiger partial charge in [-0.25, -0.2) is 0 Å². The van der Waals surface area contributed by atoms with E-state index in [1.54, 1.807) is 0 Å². The molecule has 2 N–H and O–H groups in total. The van der Waals surface area contributed by atoms with Crippen LogP contribution in [0, 0.1) is 0 Å². The lowest BCUT2D eigenvalue weighted by Gasteiger charge is -2.21. The Morgan fingerprint density at radius 3 is 2.76 bits per heavy atom. The van der Waals surface area contributed by atoms with Crippen molar-refractivity contribution in [3.8, 4) is 0 Å². The molecule has 0 amide bonds. The molecule has 0 saturated carbocycles. The van der Waals surface area contributed by atoms with Gasteiger partial charge in [-0.05, 0) is 39.4 Å². The molecule has 0 aliphatic carbocycles. The molecule has 2 rings (SSSR count). The number of β-amino-alcohol motifs (C(OH)–C–C–N with tert-alkyl or cyclic N) is 1. The van der Waals surface area contributed by atoms with Gasteiger partial charge in [0.05, 0.1) is 23.2 Å². The molecule has 94 valence electrons. The van der Waals surface area contributed by atoms with Gasteiger partial charge in [-0.1, -0.05) is 0 Å². The van der Waals surface area contributed by atoms with Crippen LogP contribution in [0.4, 0.5) is 5.69 Å². The van der Waals surface area contributed by atoms with Crippen LogP contribution in [-0.2, 0) is 0 Å². The number of aromatic nitrogens is 1. The van der Waals surface area contributed by atoms with E-state index in [0.717, 1.165) is 24.3 Å². The van der Waals surface area contributed by atoms with Gasteiger partial charge in [0.25, 0.3) is 0 Å². The maximum absolute atomic E-state index is 9.93. The van der Waals surface area contributed by atoms with Crippen molar-refractivity contribution in [1.82, 2.24) is 10.3 Å². The lowest BCUT2D eigenvalue weighted by molar-refractivity contribution is 0.0839. The van der Waals surface area contributed by atoms with Gasteiger partial charge in [0, 0.05) is 19.1 Å². The molecule has 2 heterocycles. The Bertz CT molecular complexity index is 375. The summed E-state index contributed by atoms with van der Waals surface area (Å²) in [6, 6.07) is 4.40. The second-order valence-corrected chi connectivity index (χ2v) is 5.12. The Labute approximate surface area is 103 Å². The predicted molar refractivity (Wildman–Crippen MR) is 69.2 cm³/mol. The van der Waals surface area contributed by atoms with E-state index in [9.17, 15) is 5.11 Å². The van der Waals surface area contributed by atoms with Gasteiger partial charge in [0.15, 0.2) is 0 Å². The van der Waals surface area contributed by atoms with Gasteiger partial charge in [0.1, 0.15) is 0 Å². The predicted octanol–water partition coefficient (Wildman–Crippen LogP) is 1.32. The van der Waals surface area contributed by atoms with Crippen molar-refractivity contribution < 1.29 is 5.11 Å². The zero-order valence-electron chi connectivity index (χ0n) is 10.8. The maximum atomic E-state index is 9.93. The fourth-order valence-electron chi connectivity index (χ4n) is 2.15. The highest BCUT2D eigenvalue weighted by atomic mass is 16.3. The molecule has 2 atom stereocenters. The summed E-state index contributed by atoms with van der Waals surface area (Å²) in [5, 5.41) is 13.1. The van der Waals surface area contributed by atoms with Crippen molar-refractivity contribution in [3.05, 3.63) is 24.0 Å². The average Bonchev–Trinajstić information content (AvgIpc) is 2.69. The van der Waals surface area contributed by atoms with Crippen LogP contribution in [-0.4, -0.2) is 35.8 Å². The van der Waals surface area contributed by atoms with E-state index in [4.69, 9.17) is 0 Å². The topological polar surface area (TPSA) is 48.4 Å². The Morgan fingerprint density at radius 1 is 1.53 bits per heavy atom. The van der Waals surface area contributed by atoms with Crippen LogP contribution in [0.25, 0.3) is 0 Å². The molecule has 4 heteroatoms. The van der Waals surface area contributed by atoms with E-state index in [2.05, 4.69) is 28.2 Å². The zero-order valence-corrected chi connectivity index (χ0v) is 10.8. The Hall–Kier alpha value is -1.13. The molecule has 1 aliphatic rings. The van der Waals surface area contributed by atoms with Gasteiger partial charge in [0.2, 0.25) is 0 Å². The first-order valence-electron chi connectivity index (χ1n) is 6.12. The normalized spacial score (nSPS) is 26.2. The van der Waals surface area contributed by atoms with Gasteiger partial charge >= 0.3 is 0 Å². The van der Waals surface area contributed by atoms with E-state index in [1.165, 1.54) is 0 Å². The molecule has 1 fully saturated rings. The van der Waals surface area contributed by atoms with Gasteiger partial charge in [-0.15, -0.1) is 0 Å². The molecule has 0 spiro atoms. The van der Waals surface area contributed by atoms with E-state index >= 15 is 0 Å². The molecule has 0 radical (unpaired) electrons. The summed E-state index contributed by atoms with van der Waals surface area (Å²) in [6.07, 6.45) is 2.71. The number of hydrogen-bond acceptors (Lipinski definition) is 4. The molecule has 0 aromatic carbocycles. The van der Waals surface area contributed by atoms with Crippen LogP contribution < -0.4 is 10.2 Å². The minimum absolute atomic E-state index is 0.269. The number of nitrogens with zero attached hydrogens (tertiary/aromatic N) is 2. The Morgan fingerprint density at radius 2 is 2.29 bits per heavy atom. The quantitative estimate of drug-likeness (QED) is 0.829. The molecule has 4 nitrogen and oxygen atoms in total. The summed E-state index contributed by atoms with van der Waals surface area (Å²) in [7, 11) is 1.93. The molecule has 17 heavy (non-hydrogen) atoms. The number of nitrogens with one attached hydrogen (secondary N) is 1. The van der Waals surface area contributed by atoms with Crippen LogP contribution in [0.5, 0.6) is 0 Å². The molecule has 1 aromatic rings. The van der Waals surface area contributed by atoms with Crippen molar-refractivity contribution in [3.63, 3.8) is 0 Å². The standard InChI is InChI=1S/C13H21N3O/c1-10(14-3)12-5-4-11(8-15-12)16-7-6-13(2,17)9-16/h4-5,8,10,14,17H,6-7,9H2,1-3H3. The van der Waals surface area contributed by atoms with Gasteiger partial charge < -0.3 is 15.3 Å². The Kier molecular flexibility index (Phi) is 3.35. The third-order valence-electron chi connectivity index (χ3n) is 3.46. The smallest absolute Gasteiger partial charge is 0.0810 e. The highest BCUT2D eigenvalue weighted by Crippen LogP contribution is 2.26. The third-order valence-corrected chi connectivity index (χ3v) is 3.46. The zero-order chi connectivity index (χ0) is 12.5. The molecule has 1 saturated heterocycles. The monoisotopic (exact) mass is 235 g/mol. The highest BCUT2D eigenvalue weighted by Gasteiger charge is 2.31. The molecule has 0 bridgehead atoms. The minimum Gasteiger partial charge on any atom is -0.388 e. The SMILES string of the molecule is CNC(C)c1ccc(N2CCC(C)(O)C2)cn1. The lowest BCUT2D eigenvalue weighted by Crippen LogP contribution is -2.29. The van der Waals surface area contributed by atoms with Crippen molar-refractivity contribution in [2.24, 2.45) is 0 Å². The second kappa shape index (κ2) is 4.63. The van der Waals surface area contributed by atoms with Gasteiger partial charge in [-0.3, -0.25) is 4.98 Å². The summed E-state index contributed by atoms with van der Waals surface area (Å²) < 4.78 is 0. The summed E-state index contributed by atoms with van der Waals surface area (Å²) >= 11 is 0. The molecule has 1 aromatic heterocycles. The largest absolute Gasteiger partial charge is 0.388 e. The van der Waals surface area contributed by atoms with E-state index in [-0.39, 0.29) is 6.04 Å². The van der Waals surface area contributed by atoms with Crippen molar-refractivity contribution in [2.75, 3.05) is 25.0 Å². The highest BCUT2D eigenvalue weighted by molar-refractivity contribution is 5.46. The van der Waals surface area contributed by atoms with Crippen LogP contribution in [0.3, 0.4) is 0 Å². The Balaban J connectivity index is 2.09. The van der Waals surface area contributed by atoms with Crippen LogP contribution in [0.1, 0.15) is 32.0 Å². The molecule has 1 aliphatic heterocycles. The van der Waals surface area contributed by atoms with Crippen LogP contribution >= 0.6 is 0 Å². The van der Waals surface area contributed by atoms with Crippen molar-refractivity contribution in [1.29, 1.82) is 0 Å². The van der Waals surface area contributed by atoms with E-state index in [0.29, 0.717) is 6.54 Å². The van der Waals surface area contributed by atoms with Gasteiger partial charge in [-0.2, -0.15) is 0 Å². The maximum Gasteiger partial charge on any atom is 0.0810 e. The first kappa shape index (κ1) is 12.3. The third kappa shape index (κ3) is 2.76. The van der Waals surface area contributed by atoms with E-state index < -0.39 is 5.60 Å². The molecular weight excluding hydrogens is 214 g/mol. The van der Waals surface area contributed by atoms with Crippen LogP contribution in [0.15, 0.2) is 18.3 Å². The summed E-state index contributed by atoms with van der Waals surface area (Å²) in [5.74, 6) is 0. The fraction of sp³-hybridized carbons (Fsp3) is 0.615. The van der Waals surface area contributed by atoms with Crippen molar-refractivity contribution >= 4 is 5.69 Å². The number of anilines is 1. The van der Waals surface area contributed by atoms with Crippen LogP contribution in [0.2, 0.25) is 0 Å². The number of rotatable bonds is 3. The van der Waals surface area contributed by atoms with Crippen molar-refractivity contribution in [2.45, 2.75) is 31.9 Å². The molecular formula is C13H21N3O. The minimum atomic E-state index is -0.559. The van der Waals surface area contributed by atoms with E-state index in [1.807, 2.05) is 26.2 Å².